The Morgan fingerprint density at radius 2 is 2.18 bits per heavy atom. The fourth-order valence-corrected chi connectivity index (χ4v) is 1.97. The zero-order valence-electron chi connectivity index (χ0n) is 6.40. The van der Waals surface area contributed by atoms with E-state index in [0.29, 0.717) is 0 Å². The highest BCUT2D eigenvalue weighted by Crippen LogP contribution is 2.25. The number of halogens is 2. The minimum absolute atomic E-state index is 0.862. The Bertz CT molecular complexity index is 225. The van der Waals surface area contributed by atoms with Crippen molar-refractivity contribution >= 4 is 27.5 Å². The van der Waals surface area contributed by atoms with Crippen LogP contribution in [-0.2, 0) is 6.42 Å². The summed E-state index contributed by atoms with van der Waals surface area (Å²) in [7, 11) is 0. The summed E-state index contributed by atoms with van der Waals surface area (Å²) in [6.07, 6.45) is 2.17. The van der Waals surface area contributed by atoms with Crippen molar-refractivity contribution in [1.29, 1.82) is 0 Å². The minimum atomic E-state index is 0.862. The molecule has 11 heavy (non-hydrogen) atoms. The number of hydrogen-bond donors (Lipinski definition) is 0. The smallest absolute Gasteiger partial charge is 0.0449 e. The molecule has 0 unspecified atom stereocenters. The van der Waals surface area contributed by atoms with E-state index >= 15 is 0 Å². The SMILES string of the molecule is CCCc1c(Cl)cccc1Br. The van der Waals surface area contributed by atoms with Crippen LogP contribution in [0.5, 0.6) is 0 Å². The van der Waals surface area contributed by atoms with Gasteiger partial charge in [-0.2, -0.15) is 0 Å². The maximum Gasteiger partial charge on any atom is 0.0449 e. The second-order valence-electron chi connectivity index (χ2n) is 2.45. The van der Waals surface area contributed by atoms with Gasteiger partial charge in [-0.05, 0) is 24.1 Å². The molecule has 0 amide bonds. The Kier molecular flexibility index (Phi) is 3.41. The number of benzene rings is 1. The first kappa shape index (κ1) is 9.08. The summed E-state index contributed by atoms with van der Waals surface area (Å²) in [4.78, 5) is 0. The van der Waals surface area contributed by atoms with Gasteiger partial charge in [0, 0.05) is 9.50 Å². The van der Waals surface area contributed by atoms with Crippen molar-refractivity contribution in [3.8, 4) is 0 Å². The van der Waals surface area contributed by atoms with Gasteiger partial charge < -0.3 is 0 Å². The third kappa shape index (κ3) is 2.21. The molecule has 0 saturated heterocycles. The van der Waals surface area contributed by atoms with E-state index in [0.717, 1.165) is 22.3 Å². The number of hydrogen-bond acceptors (Lipinski definition) is 0. The molecule has 0 aromatic heterocycles. The van der Waals surface area contributed by atoms with Gasteiger partial charge in [0.1, 0.15) is 0 Å². The quantitative estimate of drug-likeness (QED) is 0.723. The normalized spacial score (nSPS) is 10.1. The largest absolute Gasteiger partial charge is 0.0840 e. The first-order valence-corrected chi connectivity index (χ1v) is 4.85. The van der Waals surface area contributed by atoms with Gasteiger partial charge in [-0.1, -0.05) is 46.9 Å². The first-order valence-electron chi connectivity index (χ1n) is 3.68. The molecule has 0 aliphatic heterocycles. The molecule has 0 atom stereocenters. The van der Waals surface area contributed by atoms with Crippen molar-refractivity contribution in [3.05, 3.63) is 33.3 Å². The van der Waals surface area contributed by atoms with Crippen LogP contribution < -0.4 is 0 Å². The lowest BCUT2D eigenvalue weighted by atomic mass is 10.1. The zero-order chi connectivity index (χ0) is 8.27. The molecule has 0 saturated carbocycles. The van der Waals surface area contributed by atoms with Gasteiger partial charge >= 0.3 is 0 Å². The van der Waals surface area contributed by atoms with Crippen molar-refractivity contribution in [3.63, 3.8) is 0 Å². The molecule has 2 heteroatoms. The molecule has 0 bridgehead atoms. The van der Waals surface area contributed by atoms with Crippen molar-refractivity contribution in [2.75, 3.05) is 0 Å². The Morgan fingerprint density at radius 1 is 1.45 bits per heavy atom. The molecule has 1 rings (SSSR count). The lowest BCUT2D eigenvalue weighted by Gasteiger charge is -2.03. The van der Waals surface area contributed by atoms with Crippen LogP contribution in [0.1, 0.15) is 18.9 Å². The van der Waals surface area contributed by atoms with E-state index in [1.165, 1.54) is 5.56 Å². The van der Waals surface area contributed by atoms with Crippen molar-refractivity contribution in [1.82, 2.24) is 0 Å². The van der Waals surface area contributed by atoms with Crippen molar-refractivity contribution < 1.29 is 0 Å². The van der Waals surface area contributed by atoms with Crippen LogP contribution in [0.3, 0.4) is 0 Å². The highest BCUT2D eigenvalue weighted by molar-refractivity contribution is 9.10. The van der Waals surface area contributed by atoms with E-state index < -0.39 is 0 Å². The fraction of sp³-hybridized carbons (Fsp3) is 0.333. The number of rotatable bonds is 2. The molecule has 1 aromatic rings. The van der Waals surface area contributed by atoms with Gasteiger partial charge in [0.15, 0.2) is 0 Å². The maximum absolute atomic E-state index is 5.98. The first-order chi connectivity index (χ1) is 5.25. The van der Waals surface area contributed by atoms with E-state index in [2.05, 4.69) is 22.9 Å². The monoisotopic (exact) mass is 232 g/mol. The van der Waals surface area contributed by atoms with E-state index in [1.54, 1.807) is 0 Å². The van der Waals surface area contributed by atoms with Gasteiger partial charge in [0.25, 0.3) is 0 Å². The zero-order valence-corrected chi connectivity index (χ0v) is 8.74. The molecular formula is C9H10BrCl. The van der Waals surface area contributed by atoms with Crippen LogP contribution in [-0.4, -0.2) is 0 Å². The molecule has 0 nitrogen and oxygen atoms in total. The molecule has 0 heterocycles. The second-order valence-corrected chi connectivity index (χ2v) is 3.71. The third-order valence-electron chi connectivity index (χ3n) is 1.56. The van der Waals surface area contributed by atoms with Crippen LogP contribution >= 0.6 is 27.5 Å². The van der Waals surface area contributed by atoms with E-state index in [-0.39, 0.29) is 0 Å². The molecule has 0 aliphatic carbocycles. The van der Waals surface area contributed by atoms with E-state index in [4.69, 9.17) is 11.6 Å². The third-order valence-corrected chi connectivity index (χ3v) is 2.66. The summed E-state index contributed by atoms with van der Waals surface area (Å²) in [5, 5.41) is 0.862. The minimum Gasteiger partial charge on any atom is -0.0840 e. The van der Waals surface area contributed by atoms with Crippen molar-refractivity contribution in [2.24, 2.45) is 0 Å². The lowest BCUT2D eigenvalue weighted by Crippen LogP contribution is -1.85. The summed E-state index contributed by atoms with van der Waals surface area (Å²) in [6.45, 7) is 2.15. The summed E-state index contributed by atoms with van der Waals surface area (Å²) in [5.41, 5.74) is 1.22. The maximum atomic E-state index is 5.98. The standard InChI is InChI=1S/C9H10BrCl/c1-2-4-7-8(10)5-3-6-9(7)11/h3,5-6H,2,4H2,1H3. The van der Waals surface area contributed by atoms with Crippen LogP contribution in [0.15, 0.2) is 22.7 Å². The molecule has 1 aromatic carbocycles. The summed E-state index contributed by atoms with van der Waals surface area (Å²) in [5.74, 6) is 0. The highest BCUT2D eigenvalue weighted by Gasteiger charge is 2.01. The Morgan fingerprint density at radius 3 is 2.73 bits per heavy atom. The Labute approximate surface area is 80.7 Å². The molecule has 0 N–H and O–H groups in total. The van der Waals surface area contributed by atoms with Gasteiger partial charge in [0.05, 0.1) is 0 Å². The molecule has 0 aliphatic rings. The second kappa shape index (κ2) is 4.13. The van der Waals surface area contributed by atoms with Crippen LogP contribution in [0.2, 0.25) is 5.02 Å². The lowest BCUT2D eigenvalue weighted by molar-refractivity contribution is 0.917. The predicted octanol–water partition coefficient (Wildman–Crippen LogP) is 4.06. The fourth-order valence-electron chi connectivity index (χ4n) is 1.02. The summed E-state index contributed by atoms with van der Waals surface area (Å²) < 4.78 is 1.12. The average molecular weight is 234 g/mol. The Hall–Kier alpha value is -0.0100. The molecule has 0 fully saturated rings. The molecular weight excluding hydrogens is 223 g/mol. The van der Waals surface area contributed by atoms with E-state index in [1.807, 2.05) is 18.2 Å². The van der Waals surface area contributed by atoms with E-state index in [9.17, 15) is 0 Å². The van der Waals surface area contributed by atoms with Crippen LogP contribution in [0, 0.1) is 0 Å². The average Bonchev–Trinajstić information content (AvgIpc) is 1.97. The van der Waals surface area contributed by atoms with Gasteiger partial charge in [0.2, 0.25) is 0 Å². The molecule has 0 spiro atoms. The highest BCUT2D eigenvalue weighted by atomic mass is 79.9. The molecule has 0 radical (unpaired) electrons. The summed E-state index contributed by atoms with van der Waals surface area (Å²) in [6, 6.07) is 5.90. The van der Waals surface area contributed by atoms with Crippen LogP contribution in [0.4, 0.5) is 0 Å². The van der Waals surface area contributed by atoms with Crippen LogP contribution in [0.25, 0.3) is 0 Å². The predicted molar refractivity (Wildman–Crippen MR) is 53.1 cm³/mol. The topological polar surface area (TPSA) is 0 Å². The molecule has 60 valence electrons. The van der Waals surface area contributed by atoms with Gasteiger partial charge in [-0.15, -0.1) is 0 Å². The Balaban J connectivity index is 3.00. The van der Waals surface area contributed by atoms with Crippen molar-refractivity contribution in [2.45, 2.75) is 19.8 Å². The summed E-state index contributed by atoms with van der Waals surface area (Å²) >= 11 is 9.44. The van der Waals surface area contributed by atoms with Gasteiger partial charge in [-0.25, -0.2) is 0 Å². The van der Waals surface area contributed by atoms with Gasteiger partial charge in [-0.3, -0.25) is 0 Å².